The fourth-order valence-electron chi connectivity index (χ4n) is 21.8. The van der Waals surface area contributed by atoms with Gasteiger partial charge in [-0.25, -0.2) is 0 Å². The molecule has 11 fully saturated rings. The highest BCUT2D eigenvalue weighted by Crippen LogP contribution is 2.76. The highest BCUT2D eigenvalue weighted by Gasteiger charge is 2.73. The monoisotopic (exact) mass is 1670 g/mol. The molecule has 7 aliphatic heterocycles. The predicted molar refractivity (Wildman–Crippen MR) is 395 cm³/mol. The van der Waals surface area contributed by atoms with Crippen molar-refractivity contribution in [3.05, 3.63) is 11.6 Å². The first-order chi connectivity index (χ1) is 54.8. The lowest BCUT2D eigenvalue weighted by atomic mass is 9.33. The second kappa shape index (κ2) is 37.1. The third kappa shape index (κ3) is 17.4. The van der Waals surface area contributed by atoms with Crippen molar-refractivity contribution in [1.82, 2.24) is 5.32 Å². The number of hydrogen-bond donors (Lipinski definition) is 19. The molecule has 36 nitrogen and oxygen atoms in total. The molecule has 4 saturated carbocycles. The Balaban J connectivity index is 0.790. The molecule has 5 aliphatic carbocycles. The zero-order valence-electron chi connectivity index (χ0n) is 67.7. The number of fused-ring (bicyclic) bond motifs is 7. The standard InChI is InChI=1S/C80H131NO35/c1-9-10-11-12-13-14-15-16-17-18-49(90)81-50-43(29-82)108-71(63(53(50)93)114-68-58(98)55(95)60(37(2)107-68)111-67-59(99)61(41(87)32-104-67)112-72-65(100)79(102,35-85)36-106-72)116-73(101)80-26-25-74(3,4)27-39(80)38-19-20-46-75(5)23-22-48(76(6,34-84)45(75)21-24-77(46,7)78(38,8)28-47(80)89)110-70-64(115-69-57(97)54(94)52(92)44(30-83)109-69)62(42(88)33-105-70)113-66-56(96)51(91)40(86)31-103-66/h19,34,37,39-48,50-72,82-83,85-89,91-100,102H,9-18,20-33,35-36H2,1-8H3,(H,81,90)/t37?,39?,40-,41-,42-,43-,44?,45-,46?,47+,48+,50+,51+,52+,53?,54+,55?,56?,57?,58?,59?,60+,61?,62+,63?,64?,65?,66+,67+,68+,69+,70+,71+,72+,75?,76?,77?,78?,79+,80-/m1/s1. The molecule has 116 heavy (non-hydrogen) atoms. The van der Waals surface area contributed by atoms with E-state index in [1.807, 2.05) is 6.92 Å². The predicted octanol–water partition coefficient (Wildman–Crippen LogP) is -2.78. The molecule has 0 bridgehead atoms. The first-order valence-corrected chi connectivity index (χ1v) is 42.0. The summed E-state index contributed by atoms with van der Waals surface area (Å²) in [4.78, 5) is 44.4. The van der Waals surface area contributed by atoms with E-state index in [0.717, 1.165) is 56.8 Å². The molecule has 19 N–H and O–H groups in total. The number of amides is 1. The number of ether oxygens (including phenoxy) is 14. The molecule has 0 aromatic rings. The van der Waals surface area contributed by atoms with E-state index in [1.165, 1.54) is 13.3 Å². The van der Waals surface area contributed by atoms with E-state index in [2.05, 4.69) is 52.9 Å². The Morgan fingerprint density at radius 1 is 0.534 bits per heavy atom. The molecule has 0 spiro atoms. The van der Waals surface area contributed by atoms with Gasteiger partial charge in [0.05, 0.1) is 76.0 Å². The Bertz CT molecular complexity index is 3290. The zero-order chi connectivity index (χ0) is 84.3. The maximum Gasteiger partial charge on any atom is 0.317 e. The molecule has 1 amide bonds. The number of unbranched alkanes of at least 4 members (excludes halogenated alkanes) is 8. The number of aliphatic hydroxyl groups excluding tert-OH is 17. The summed E-state index contributed by atoms with van der Waals surface area (Å²) >= 11 is 0. The van der Waals surface area contributed by atoms with E-state index in [1.54, 1.807) is 0 Å². The number of esters is 1. The first kappa shape index (κ1) is 92.3. The summed E-state index contributed by atoms with van der Waals surface area (Å²) in [5, 5.41) is 204. The molecule has 0 aromatic heterocycles. The van der Waals surface area contributed by atoms with Gasteiger partial charge in [-0.15, -0.1) is 0 Å². The smallest absolute Gasteiger partial charge is 0.317 e. The van der Waals surface area contributed by atoms with Gasteiger partial charge in [0.15, 0.2) is 43.8 Å². The van der Waals surface area contributed by atoms with Crippen LogP contribution in [0.4, 0.5) is 0 Å². The maximum absolute atomic E-state index is 16.2. The van der Waals surface area contributed by atoms with Crippen LogP contribution < -0.4 is 5.32 Å². The van der Waals surface area contributed by atoms with Crippen molar-refractivity contribution < 1.29 is 173 Å². The summed E-state index contributed by atoms with van der Waals surface area (Å²) in [6.45, 7) is 11.5. The number of aliphatic hydroxyl groups is 18. The Labute approximate surface area is 675 Å². The molecule has 36 heteroatoms. The maximum atomic E-state index is 16.2. The lowest BCUT2D eigenvalue weighted by Gasteiger charge is -2.71. The third-order valence-corrected chi connectivity index (χ3v) is 29.1. The number of nitrogens with one attached hydrogen (secondary N) is 1. The van der Waals surface area contributed by atoms with Crippen molar-refractivity contribution in [1.29, 1.82) is 0 Å². The van der Waals surface area contributed by atoms with Crippen molar-refractivity contribution in [2.45, 2.75) is 373 Å². The normalized spacial score (nSPS) is 50.2. The summed E-state index contributed by atoms with van der Waals surface area (Å²) in [6, 6.07) is -1.44. The molecule has 666 valence electrons. The van der Waals surface area contributed by atoms with Gasteiger partial charge in [0, 0.05) is 6.42 Å². The molecule has 7 heterocycles. The largest absolute Gasteiger partial charge is 0.432 e. The van der Waals surface area contributed by atoms with Crippen molar-refractivity contribution in [2.75, 3.05) is 46.2 Å². The van der Waals surface area contributed by atoms with E-state index >= 15 is 4.79 Å². The molecule has 40 atom stereocenters. The van der Waals surface area contributed by atoms with E-state index in [-0.39, 0.29) is 31.6 Å². The minimum atomic E-state index is -2.11. The van der Waals surface area contributed by atoms with Crippen LogP contribution in [0.15, 0.2) is 11.6 Å². The third-order valence-electron chi connectivity index (χ3n) is 29.1. The van der Waals surface area contributed by atoms with Gasteiger partial charge < -0.3 is 168 Å². The van der Waals surface area contributed by atoms with E-state index in [0.29, 0.717) is 44.9 Å². The van der Waals surface area contributed by atoms with Gasteiger partial charge in [-0.05, 0) is 111 Å². The topological polar surface area (TPSA) is 557 Å². The highest BCUT2D eigenvalue weighted by molar-refractivity contribution is 5.80. The van der Waals surface area contributed by atoms with Crippen molar-refractivity contribution in [3.63, 3.8) is 0 Å². The van der Waals surface area contributed by atoms with Crippen molar-refractivity contribution in [3.8, 4) is 0 Å². The summed E-state index contributed by atoms with van der Waals surface area (Å²) in [6.07, 6.45) is -35.7. The number of carbonyl (C=O) groups excluding carboxylic acids is 3. The van der Waals surface area contributed by atoms with E-state index in [4.69, 9.17) is 66.3 Å². The van der Waals surface area contributed by atoms with Crippen LogP contribution in [0.5, 0.6) is 0 Å². The Morgan fingerprint density at radius 2 is 1.11 bits per heavy atom. The van der Waals surface area contributed by atoms with Gasteiger partial charge in [-0.3, -0.25) is 9.59 Å². The number of carbonyl (C=O) groups is 3. The van der Waals surface area contributed by atoms with Gasteiger partial charge in [0.2, 0.25) is 12.2 Å². The van der Waals surface area contributed by atoms with Crippen LogP contribution in [0.2, 0.25) is 0 Å². The van der Waals surface area contributed by atoms with Crippen molar-refractivity contribution in [2.24, 2.45) is 50.2 Å². The van der Waals surface area contributed by atoms with Gasteiger partial charge in [0.1, 0.15) is 133 Å². The molecule has 18 unspecified atom stereocenters. The lowest BCUT2D eigenvalue weighted by Crippen LogP contribution is -2.70. The second-order valence-electron chi connectivity index (χ2n) is 37.0. The summed E-state index contributed by atoms with van der Waals surface area (Å²) in [5.41, 5.74) is -6.70. The van der Waals surface area contributed by atoms with E-state index < -0.39 is 299 Å². The van der Waals surface area contributed by atoms with Crippen LogP contribution >= 0.6 is 0 Å². The fourth-order valence-corrected chi connectivity index (χ4v) is 21.8. The summed E-state index contributed by atoms with van der Waals surface area (Å²) < 4.78 is 85.3. The van der Waals surface area contributed by atoms with Crippen LogP contribution in [-0.2, 0) is 80.7 Å². The van der Waals surface area contributed by atoms with Gasteiger partial charge in [-0.2, -0.15) is 0 Å². The van der Waals surface area contributed by atoms with Crippen molar-refractivity contribution >= 4 is 18.2 Å². The lowest BCUT2D eigenvalue weighted by molar-refractivity contribution is -0.384. The average Bonchev–Trinajstić information content (AvgIpc) is 0.814. The van der Waals surface area contributed by atoms with E-state index in [9.17, 15) is 102 Å². The van der Waals surface area contributed by atoms with Crippen LogP contribution in [0, 0.1) is 50.2 Å². The molecule has 0 radical (unpaired) electrons. The molecular weight excluding hydrogens is 1530 g/mol. The molecule has 7 saturated heterocycles. The molecule has 0 aromatic carbocycles. The number of aldehydes is 1. The SMILES string of the molecule is CCCCCCCCCCCC(=O)N[C@@H]1C(O)C(O[C@@H]2OC(C)[C@H](O[C@@H]3OC[C@@H](O)C(O[C@@H]4OC[C@@](O)(CO)C4O)C3O)C(O)C2O)[C@H](OC(=O)[C@]23CCC(C)(C)CC2C2=CCC4C5(C)CC[C@H](O[C@@H]6OC[C@@H](O)[C@H](O[C@@H]7OC[C@@H](O)[C@H](O)C7O)C6O[C@@H]6OC(CO)[C@H](O)[C@H](O)C6O)C(C)(C=O)[C@@H]5CCC4(C)C2(C)C[C@@H]3O)O[C@@H]1CO. The molecular formula is C80H131NO35. The van der Waals surface area contributed by atoms with Gasteiger partial charge in [0.25, 0.3) is 0 Å². The van der Waals surface area contributed by atoms with Gasteiger partial charge >= 0.3 is 5.97 Å². The van der Waals surface area contributed by atoms with Crippen LogP contribution in [0.25, 0.3) is 0 Å². The Kier molecular flexibility index (Phi) is 29.5. The van der Waals surface area contributed by atoms with Crippen LogP contribution in [0.1, 0.15) is 177 Å². The number of hydrogen-bond acceptors (Lipinski definition) is 35. The minimum absolute atomic E-state index is 0.0398. The number of rotatable bonds is 29. The van der Waals surface area contributed by atoms with Crippen LogP contribution in [-0.4, -0.2) is 352 Å². The van der Waals surface area contributed by atoms with Crippen LogP contribution in [0.3, 0.4) is 0 Å². The Hall–Kier alpha value is -2.89. The Morgan fingerprint density at radius 3 is 1.77 bits per heavy atom. The quantitative estimate of drug-likeness (QED) is 0.0118. The first-order valence-electron chi connectivity index (χ1n) is 42.0. The zero-order valence-corrected chi connectivity index (χ0v) is 67.7. The summed E-state index contributed by atoms with van der Waals surface area (Å²) in [5.74, 6) is -2.69. The fraction of sp³-hybridized carbons (Fsp3) is 0.938. The molecule has 12 aliphatic rings. The second-order valence-corrected chi connectivity index (χ2v) is 37.0. The van der Waals surface area contributed by atoms with Gasteiger partial charge in [-0.1, -0.05) is 111 Å². The minimum Gasteiger partial charge on any atom is -0.432 e. The highest BCUT2D eigenvalue weighted by atomic mass is 16.8. The average molecular weight is 1670 g/mol. The summed E-state index contributed by atoms with van der Waals surface area (Å²) in [7, 11) is 0. The molecule has 12 rings (SSSR count). The number of allylic oxidation sites excluding steroid dienone is 2.